The van der Waals surface area contributed by atoms with Crippen molar-refractivity contribution in [3.8, 4) is 0 Å². The third-order valence-corrected chi connectivity index (χ3v) is 9.64. The minimum absolute atomic E-state index is 0.197. The summed E-state index contributed by atoms with van der Waals surface area (Å²) in [5.41, 5.74) is 4.03. The summed E-state index contributed by atoms with van der Waals surface area (Å²) in [5, 5.41) is 0. The average molecular weight is 352 g/mol. The van der Waals surface area contributed by atoms with Crippen molar-refractivity contribution in [1.29, 1.82) is 0 Å². The molecule has 1 aliphatic carbocycles. The highest BCUT2D eigenvalue weighted by molar-refractivity contribution is 6.76. The smallest absolute Gasteiger partial charge is 0.123 e. The number of hydrogen-bond acceptors (Lipinski definition) is 1. The number of rotatable bonds is 4. The third kappa shape index (κ3) is 4.42. The molecule has 25 heavy (non-hydrogen) atoms. The maximum absolute atomic E-state index is 4.02. The fraction of sp³-hybridized carbons (Fsp3) is 0.478. The quantitative estimate of drug-likeness (QED) is 0.636. The van der Waals surface area contributed by atoms with E-state index in [0.717, 1.165) is 5.54 Å². The van der Waals surface area contributed by atoms with E-state index in [2.05, 4.69) is 99.5 Å². The molecular formula is C23H33NSi. The Morgan fingerprint density at radius 3 is 1.52 bits per heavy atom. The van der Waals surface area contributed by atoms with Crippen LogP contribution in [0.3, 0.4) is 0 Å². The monoisotopic (exact) mass is 351 g/mol. The van der Waals surface area contributed by atoms with Crippen molar-refractivity contribution in [2.24, 2.45) is 0 Å². The second-order valence-electron chi connectivity index (χ2n) is 9.30. The largest absolute Gasteiger partial charge is 0.332 e. The molecule has 1 saturated carbocycles. The van der Waals surface area contributed by atoms with Crippen LogP contribution in [0.15, 0.2) is 60.7 Å². The first-order valence-corrected chi connectivity index (χ1v) is 12.7. The Bertz CT molecular complexity index is 625. The Morgan fingerprint density at radius 2 is 1.16 bits per heavy atom. The molecule has 2 unspecified atom stereocenters. The lowest BCUT2D eigenvalue weighted by molar-refractivity contribution is 0.503. The van der Waals surface area contributed by atoms with Gasteiger partial charge in [0.15, 0.2) is 0 Å². The Labute approximate surface area is 155 Å². The Kier molecular flexibility index (Phi) is 5.22. The maximum atomic E-state index is 4.02. The number of benzene rings is 2. The summed E-state index contributed by atoms with van der Waals surface area (Å²) in [5.74, 6) is 1.28. The van der Waals surface area contributed by atoms with Crippen molar-refractivity contribution in [2.45, 2.75) is 69.6 Å². The lowest BCUT2D eigenvalue weighted by atomic mass is 9.84. The Morgan fingerprint density at radius 1 is 0.760 bits per heavy atom. The summed E-state index contributed by atoms with van der Waals surface area (Å²) in [4.78, 5) is 4.02. The number of nitrogens with one attached hydrogen (secondary N) is 1. The summed E-state index contributed by atoms with van der Waals surface area (Å²) in [6.07, 6.45) is 2.62. The lowest BCUT2D eigenvalue weighted by Crippen LogP contribution is -2.56. The molecule has 1 nitrogen and oxygen atoms in total. The van der Waals surface area contributed by atoms with Crippen LogP contribution >= 0.6 is 0 Å². The average Bonchev–Trinajstić information content (AvgIpc) is 3.00. The van der Waals surface area contributed by atoms with Gasteiger partial charge in [-0.05, 0) is 62.1 Å². The SMILES string of the molecule is CC(C)(C)N[Si](C)(C)C1CC(c2ccccc2)C(c2ccccc2)C1. The first kappa shape index (κ1) is 18.4. The van der Waals surface area contributed by atoms with E-state index in [1.807, 2.05) is 0 Å². The second-order valence-corrected chi connectivity index (χ2v) is 13.8. The van der Waals surface area contributed by atoms with Gasteiger partial charge in [0, 0.05) is 5.54 Å². The van der Waals surface area contributed by atoms with E-state index in [9.17, 15) is 0 Å². The molecule has 0 bridgehead atoms. The van der Waals surface area contributed by atoms with Gasteiger partial charge in [0.2, 0.25) is 0 Å². The van der Waals surface area contributed by atoms with Gasteiger partial charge < -0.3 is 4.98 Å². The molecule has 1 fully saturated rings. The predicted octanol–water partition coefficient (Wildman–Crippen LogP) is 6.31. The van der Waals surface area contributed by atoms with Crippen molar-refractivity contribution in [3.63, 3.8) is 0 Å². The molecule has 2 aromatic rings. The first-order valence-electron chi connectivity index (χ1n) is 9.65. The summed E-state index contributed by atoms with van der Waals surface area (Å²) >= 11 is 0. The zero-order chi connectivity index (χ0) is 18.1. The Hall–Kier alpha value is -1.38. The van der Waals surface area contributed by atoms with Crippen LogP contribution < -0.4 is 4.98 Å². The van der Waals surface area contributed by atoms with E-state index in [0.29, 0.717) is 11.8 Å². The van der Waals surface area contributed by atoms with Gasteiger partial charge in [0.1, 0.15) is 8.24 Å². The second kappa shape index (κ2) is 7.09. The van der Waals surface area contributed by atoms with Crippen LogP contribution in [0.5, 0.6) is 0 Å². The standard InChI is InChI=1S/C23H33NSi/c1-23(2,3)24-25(4,5)20-16-21(18-12-8-6-9-13-18)22(17-20)19-14-10-7-11-15-19/h6-15,20-22,24H,16-17H2,1-5H3. The summed E-state index contributed by atoms with van der Waals surface area (Å²) < 4.78 is 0. The van der Waals surface area contributed by atoms with Crippen molar-refractivity contribution < 1.29 is 0 Å². The molecule has 0 amide bonds. The van der Waals surface area contributed by atoms with Gasteiger partial charge in [0.05, 0.1) is 0 Å². The third-order valence-electron chi connectivity index (χ3n) is 5.74. The molecule has 0 radical (unpaired) electrons. The fourth-order valence-electron chi connectivity index (χ4n) is 4.83. The van der Waals surface area contributed by atoms with Crippen molar-refractivity contribution in [2.75, 3.05) is 0 Å². The molecular weight excluding hydrogens is 318 g/mol. The molecule has 134 valence electrons. The highest BCUT2D eigenvalue weighted by Gasteiger charge is 2.44. The summed E-state index contributed by atoms with van der Waals surface area (Å²) in [6, 6.07) is 22.4. The molecule has 2 atom stereocenters. The zero-order valence-electron chi connectivity index (χ0n) is 16.4. The van der Waals surface area contributed by atoms with Crippen LogP contribution in [0.1, 0.15) is 56.6 Å². The molecule has 1 aliphatic rings. The minimum Gasteiger partial charge on any atom is -0.332 e. The van der Waals surface area contributed by atoms with E-state index in [4.69, 9.17) is 0 Å². The van der Waals surface area contributed by atoms with E-state index < -0.39 is 8.24 Å². The molecule has 0 heterocycles. The highest BCUT2D eigenvalue weighted by atomic mass is 28.3. The van der Waals surface area contributed by atoms with Gasteiger partial charge in [-0.1, -0.05) is 73.8 Å². The Balaban J connectivity index is 1.90. The van der Waals surface area contributed by atoms with Crippen LogP contribution in [0.4, 0.5) is 0 Å². The lowest BCUT2D eigenvalue weighted by Gasteiger charge is -2.38. The molecule has 0 spiro atoms. The van der Waals surface area contributed by atoms with Gasteiger partial charge >= 0.3 is 0 Å². The summed E-state index contributed by atoms with van der Waals surface area (Å²) in [6.45, 7) is 12.0. The van der Waals surface area contributed by atoms with Crippen LogP contribution in [0.2, 0.25) is 18.6 Å². The molecule has 0 aromatic heterocycles. The minimum atomic E-state index is -1.51. The van der Waals surface area contributed by atoms with Crippen molar-refractivity contribution in [3.05, 3.63) is 71.8 Å². The van der Waals surface area contributed by atoms with Gasteiger partial charge in [-0.25, -0.2) is 0 Å². The molecule has 1 N–H and O–H groups in total. The van der Waals surface area contributed by atoms with Gasteiger partial charge in [-0.15, -0.1) is 0 Å². The van der Waals surface area contributed by atoms with Crippen molar-refractivity contribution >= 4 is 8.24 Å². The van der Waals surface area contributed by atoms with Crippen molar-refractivity contribution in [1.82, 2.24) is 4.98 Å². The summed E-state index contributed by atoms with van der Waals surface area (Å²) in [7, 11) is -1.51. The van der Waals surface area contributed by atoms with Gasteiger partial charge in [-0.2, -0.15) is 0 Å². The highest BCUT2D eigenvalue weighted by Crippen LogP contribution is 2.54. The zero-order valence-corrected chi connectivity index (χ0v) is 17.4. The maximum Gasteiger partial charge on any atom is 0.123 e. The van der Waals surface area contributed by atoms with Crippen LogP contribution in [0.25, 0.3) is 0 Å². The van der Waals surface area contributed by atoms with E-state index in [1.165, 1.54) is 24.0 Å². The normalized spacial score (nSPS) is 24.4. The van der Waals surface area contributed by atoms with Gasteiger partial charge in [-0.3, -0.25) is 0 Å². The van der Waals surface area contributed by atoms with E-state index in [-0.39, 0.29) is 5.54 Å². The molecule has 0 saturated heterocycles. The topological polar surface area (TPSA) is 12.0 Å². The predicted molar refractivity (Wildman–Crippen MR) is 112 cm³/mol. The van der Waals surface area contributed by atoms with Crippen LogP contribution in [0, 0.1) is 0 Å². The van der Waals surface area contributed by atoms with Crippen LogP contribution in [-0.2, 0) is 0 Å². The van der Waals surface area contributed by atoms with Gasteiger partial charge in [0.25, 0.3) is 0 Å². The number of hydrogen-bond donors (Lipinski definition) is 1. The molecule has 0 aliphatic heterocycles. The molecule has 3 rings (SSSR count). The molecule has 2 heteroatoms. The fourth-order valence-corrected chi connectivity index (χ4v) is 8.66. The van der Waals surface area contributed by atoms with Crippen LogP contribution in [-0.4, -0.2) is 13.8 Å². The van der Waals surface area contributed by atoms with E-state index in [1.54, 1.807) is 0 Å². The molecule has 2 aromatic carbocycles. The van der Waals surface area contributed by atoms with E-state index >= 15 is 0 Å². The first-order chi connectivity index (χ1) is 11.8.